The third-order valence-electron chi connectivity index (χ3n) is 4.40. The number of anilines is 2. The minimum Gasteiger partial charge on any atom is -0.494 e. The summed E-state index contributed by atoms with van der Waals surface area (Å²) in [6.45, 7) is 3.03. The van der Waals surface area contributed by atoms with Gasteiger partial charge in [-0.3, -0.25) is 0 Å². The van der Waals surface area contributed by atoms with Crippen LogP contribution in [-0.2, 0) is 0 Å². The highest BCUT2D eigenvalue weighted by atomic mass is 16.5. The summed E-state index contributed by atoms with van der Waals surface area (Å²) in [6, 6.07) is 27.1. The van der Waals surface area contributed by atoms with E-state index in [1.165, 1.54) is 30.4 Å². The molecule has 0 atom stereocenters. The molecule has 0 saturated carbocycles. The molecule has 26 heavy (non-hydrogen) atoms. The molecule has 0 fully saturated rings. The zero-order valence-electron chi connectivity index (χ0n) is 15.4. The molecule has 0 spiro atoms. The van der Waals surface area contributed by atoms with Crippen molar-refractivity contribution in [1.82, 2.24) is 0 Å². The smallest absolute Gasteiger partial charge is 0.119 e. The minimum atomic E-state index is 0.805. The van der Waals surface area contributed by atoms with Gasteiger partial charge in [0.25, 0.3) is 0 Å². The van der Waals surface area contributed by atoms with E-state index >= 15 is 0 Å². The summed E-state index contributed by atoms with van der Waals surface area (Å²) in [5, 5.41) is 3.41. The number of nitrogens with one attached hydrogen (secondary N) is 1. The molecule has 3 aromatic rings. The van der Waals surface area contributed by atoms with E-state index < -0.39 is 0 Å². The monoisotopic (exact) mass is 345 g/mol. The first-order valence-electron chi connectivity index (χ1n) is 9.50. The Balaban J connectivity index is 1.55. The molecular formula is C24H27NO. The number of ether oxygens (including phenoxy) is 1. The molecule has 0 heterocycles. The SMILES string of the molecule is CCCCCCOc1ccc(-c2ccc(Nc3ccccc3)cc2)cc1. The van der Waals surface area contributed by atoms with Gasteiger partial charge in [-0.2, -0.15) is 0 Å². The van der Waals surface area contributed by atoms with Crippen LogP contribution in [0.25, 0.3) is 11.1 Å². The molecule has 0 aromatic heterocycles. The predicted octanol–water partition coefficient (Wildman–Crippen LogP) is 7.06. The number of hydrogen-bond acceptors (Lipinski definition) is 2. The highest BCUT2D eigenvalue weighted by Gasteiger charge is 2.00. The summed E-state index contributed by atoms with van der Waals surface area (Å²) in [7, 11) is 0. The van der Waals surface area contributed by atoms with Gasteiger partial charge in [0.2, 0.25) is 0 Å². The quantitative estimate of drug-likeness (QED) is 0.419. The van der Waals surface area contributed by atoms with Gasteiger partial charge in [0.05, 0.1) is 6.61 Å². The normalized spacial score (nSPS) is 10.5. The molecule has 2 nitrogen and oxygen atoms in total. The zero-order chi connectivity index (χ0) is 18.0. The van der Waals surface area contributed by atoms with Crippen LogP contribution in [0.4, 0.5) is 11.4 Å². The van der Waals surface area contributed by atoms with Crippen molar-refractivity contribution in [1.29, 1.82) is 0 Å². The van der Waals surface area contributed by atoms with E-state index in [1.807, 2.05) is 18.2 Å². The van der Waals surface area contributed by atoms with Gasteiger partial charge in [-0.15, -0.1) is 0 Å². The summed E-state index contributed by atoms with van der Waals surface area (Å²) in [4.78, 5) is 0. The lowest BCUT2D eigenvalue weighted by molar-refractivity contribution is 0.305. The lowest BCUT2D eigenvalue weighted by Gasteiger charge is -2.09. The zero-order valence-corrected chi connectivity index (χ0v) is 15.4. The molecule has 2 heteroatoms. The van der Waals surface area contributed by atoms with Crippen LogP contribution < -0.4 is 10.1 Å². The second-order valence-electron chi connectivity index (χ2n) is 6.50. The second-order valence-corrected chi connectivity index (χ2v) is 6.50. The summed E-state index contributed by atoms with van der Waals surface area (Å²) in [6.07, 6.45) is 4.93. The molecule has 0 aliphatic heterocycles. The first-order chi connectivity index (χ1) is 12.8. The lowest BCUT2D eigenvalue weighted by atomic mass is 10.1. The minimum absolute atomic E-state index is 0.805. The van der Waals surface area contributed by atoms with Crippen LogP contribution in [0.1, 0.15) is 32.6 Å². The van der Waals surface area contributed by atoms with E-state index in [-0.39, 0.29) is 0 Å². The van der Waals surface area contributed by atoms with E-state index in [0.717, 1.165) is 30.2 Å². The molecule has 134 valence electrons. The van der Waals surface area contributed by atoms with Crippen LogP contribution >= 0.6 is 0 Å². The van der Waals surface area contributed by atoms with Gasteiger partial charge in [0.15, 0.2) is 0 Å². The van der Waals surface area contributed by atoms with Crippen LogP contribution in [0.2, 0.25) is 0 Å². The topological polar surface area (TPSA) is 21.3 Å². The molecule has 0 aliphatic rings. The average Bonchev–Trinajstić information content (AvgIpc) is 2.70. The average molecular weight is 345 g/mol. The first kappa shape index (κ1) is 18.1. The first-order valence-corrected chi connectivity index (χ1v) is 9.50. The number of rotatable bonds is 9. The maximum atomic E-state index is 5.82. The maximum Gasteiger partial charge on any atom is 0.119 e. The summed E-state index contributed by atoms with van der Waals surface area (Å²) in [5.41, 5.74) is 4.60. The molecule has 3 aromatic carbocycles. The third-order valence-corrected chi connectivity index (χ3v) is 4.40. The van der Waals surface area contributed by atoms with Gasteiger partial charge in [0, 0.05) is 11.4 Å². The highest BCUT2D eigenvalue weighted by Crippen LogP contribution is 2.25. The van der Waals surface area contributed by atoms with Crippen LogP contribution in [-0.4, -0.2) is 6.61 Å². The van der Waals surface area contributed by atoms with Crippen molar-refractivity contribution < 1.29 is 4.74 Å². The van der Waals surface area contributed by atoms with Crippen LogP contribution in [0, 0.1) is 0 Å². The van der Waals surface area contributed by atoms with E-state index in [4.69, 9.17) is 4.74 Å². The Morgan fingerprint density at radius 1 is 0.654 bits per heavy atom. The fraction of sp³-hybridized carbons (Fsp3) is 0.250. The number of benzene rings is 3. The second kappa shape index (κ2) is 9.67. The van der Waals surface area contributed by atoms with Crippen molar-refractivity contribution >= 4 is 11.4 Å². The fourth-order valence-corrected chi connectivity index (χ4v) is 2.90. The lowest BCUT2D eigenvalue weighted by Crippen LogP contribution is -1.96. The number of unbranched alkanes of at least 4 members (excludes halogenated alkanes) is 3. The van der Waals surface area contributed by atoms with Crippen molar-refractivity contribution in [3.8, 4) is 16.9 Å². The molecule has 3 rings (SSSR count). The van der Waals surface area contributed by atoms with Crippen molar-refractivity contribution in [3.63, 3.8) is 0 Å². The Kier molecular flexibility index (Phi) is 6.72. The van der Waals surface area contributed by atoms with Gasteiger partial charge in [-0.25, -0.2) is 0 Å². The third kappa shape index (κ3) is 5.38. The van der Waals surface area contributed by atoms with Gasteiger partial charge >= 0.3 is 0 Å². The Bertz CT molecular complexity index is 764. The van der Waals surface area contributed by atoms with Gasteiger partial charge < -0.3 is 10.1 Å². The molecule has 0 aliphatic carbocycles. The number of para-hydroxylation sites is 1. The van der Waals surface area contributed by atoms with Gasteiger partial charge in [0.1, 0.15) is 5.75 Å². The number of hydrogen-bond donors (Lipinski definition) is 1. The van der Waals surface area contributed by atoms with Crippen molar-refractivity contribution in [2.75, 3.05) is 11.9 Å². The van der Waals surface area contributed by atoms with Crippen LogP contribution in [0.5, 0.6) is 5.75 Å². The molecule has 0 bridgehead atoms. The Hall–Kier alpha value is -2.74. The Morgan fingerprint density at radius 3 is 1.92 bits per heavy atom. The molecule has 1 N–H and O–H groups in total. The van der Waals surface area contributed by atoms with E-state index in [1.54, 1.807) is 0 Å². The Morgan fingerprint density at radius 2 is 1.27 bits per heavy atom. The standard InChI is InChI=1S/C24H27NO/c1-2-3-4-8-19-26-24-17-13-21(14-18-24)20-11-15-23(16-12-20)25-22-9-6-5-7-10-22/h5-7,9-18,25H,2-4,8,19H2,1H3. The summed E-state index contributed by atoms with van der Waals surface area (Å²) in [5.74, 6) is 0.951. The highest BCUT2D eigenvalue weighted by molar-refractivity contribution is 5.68. The Labute approximate surface area is 156 Å². The molecule has 0 saturated heterocycles. The summed E-state index contributed by atoms with van der Waals surface area (Å²) < 4.78 is 5.82. The van der Waals surface area contributed by atoms with E-state index in [0.29, 0.717) is 0 Å². The predicted molar refractivity (Wildman–Crippen MR) is 111 cm³/mol. The van der Waals surface area contributed by atoms with Crippen LogP contribution in [0.15, 0.2) is 78.9 Å². The van der Waals surface area contributed by atoms with Crippen molar-refractivity contribution in [2.24, 2.45) is 0 Å². The maximum absolute atomic E-state index is 5.82. The molecular weight excluding hydrogens is 318 g/mol. The van der Waals surface area contributed by atoms with Gasteiger partial charge in [-0.1, -0.05) is 68.7 Å². The molecule has 0 unspecified atom stereocenters. The molecule has 0 radical (unpaired) electrons. The van der Waals surface area contributed by atoms with Gasteiger partial charge in [-0.05, 0) is 53.9 Å². The van der Waals surface area contributed by atoms with Crippen molar-refractivity contribution in [3.05, 3.63) is 78.9 Å². The van der Waals surface area contributed by atoms with Crippen molar-refractivity contribution in [2.45, 2.75) is 32.6 Å². The van der Waals surface area contributed by atoms with E-state index in [9.17, 15) is 0 Å². The fourth-order valence-electron chi connectivity index (χ4n) is 2.90. The van der Waals surface area contributed by atoms with Crippen LogP contribution in [0.3, 0.4) is 0 Å². The summed E-state index contributed by atoms with van der Waals surface area (Å²) >= 11 is 0. The molecule has 0 amide bonds. The largest absolute Gasteiger partial charge is 0.494 e. The van der Waals surface area contributed by atoms with E-state index in [2.05, 4.69) is 72.9 Å².